The van der Waals surface area contributed by atoms with E-state index < -0.39 is 0 Å². The van der Waals surface area contributed by atoms with E-state index in [1.54, 1.807) is 6.07 Å². The predicted octanol–water partition coefficient (Wildman–Crippen LogP) is 2.99. The Morgan fingerprint density at radius 1 is 1.24 bits per heavy atom. The summed E-state index contributed by atoms with van der Waals surface area (Å²) in [7, 11) is 0. The maximum Gasteiger partial charge on any atom is 0.273 e. The normalized spacial score (nSPS) is 22.9. The number of nitrogens with one attached hydrogen (secondary N) is 1. The third-order valence-corrected chi connectivity index (χ3v) is 5.90. The monoisotopic (exact) mass is 396 g/mol. The Balaban J connectivity index is 1.33. The van der Waals surface area contributed by atoms with Crippen LogP contribution in [0, 0.1) is 0 Å². The molecule has 2 heterocycles. The molecule has 1 aliphatic heterocycles. The molecule has 0 bridgehead atoms. The number of nitrogens with two attached hydrogens (primary N) is 1. The van der Waals surface area contributed by atoms with Crippen LogP contribution in [-0.4, -0.2) is 40.5 Å². The third kappa shape index (κ3) is 4.34. The molecule has 0 radical (unpaired) electrons. The predicted molar refractivity (Wildman–Crippen MR) is 109 cm³/mol. The second-order valence-electron chi connectivity index (χ2n) is 8.34. The van der Waals surface area contributed by atoms with E-state index in [0.717, 1.165) is 24.2 Å². The Hall–Kier alpha value is -2.67. The maximum atomic E-state index is 12.9. The molecule has 3 N–H and O–H groups in total. The van der Waals surface area contributed by atoms with Crippen molar-refractivity contribution in [2.24, 2.45) is 5.73 Å². The quantitative estimate of drug-likeness (QED) is 0.809. The first kappa shape index (κ1) is 19.6. The largest absolute Gasteiger partial charge is 0.360 e. The van der Waals surface area contributed by atoms with Gasteiger partial charge in [-0.25, -0.2) is 0 Å². The minimum Gasteiger partial charge on any atom is -0.360 e. The molecule has 0 unspecified atom stereocenters. The van der Waals surface area contributed by atoms with Gasteiger partial charge in [0.2, 0.25) is 0 Å². The summed E-state index contributed by atoms with van der Waals surface area (Å²) in [6.07, 6.45) is 3.64. The van der Waals surface area contributed by atoms with Crippen molar-refractivity contribution in [3.63, 3.8) is 0 Å². The Morgan fingerprint density at radius 2 is 1.97 bits per heavy atom. The molecule has 7 nitrogen and oxygen atoms in total. The van der Waals surface area contributed by atoms with Crippen molar-refractivity contribution in [3.05, 3.63) is 52.9 Å². The second-order valence-corrected chi connectivity index (χ2v) is 8.34. The number of hydrogen-bond acceptors (Lipinski definition) is 5. The van der Waals surface area contributed by atoms with Crippen LogP contribution in [0.2, 0.25) is 0 Å². The summed E-state index contributed by atoms with van der Waals surface area (Å²) in [6, 6.07) is 9.24. The fraction of sp³-hybridized carbons (Fsp3) is 0.500. The van der Waals surface area contributed by atoms with Crippen LogP contribution in [0.25, 0.3) is 0 Å². The van der Waals surface area contributed by atoms with Gasteiger partial charge in [0.1, 0.15) is 5.76 Å². The molecule has 1 aromatic heterocycles. The highest BCUT2D eigenvalue weighted by Gasteiger charge is 2.32. The molecule has 7 heteroatoms. The van der Waals surface area contributed by atoms with Gasteiger partial charge in [-0.2, -0.15) is 0 Å². The minimum atomic E-state index is -0.205. The minimum absolute atomic E-state index is 0.0168. The fourth-order valence-electron chi connectivity index (χ4n) is 3.92. The summed E-state index contributed by atoms with van der Waals surface area (Å²) in [5.41, 5.74) is 7.89. The van der Waals surface area contributed by atoms with Crippen molar-refractivity contribution >= 4 is 11.8 Å². The summed E-state index contributed by atoms with van der Waals surface area (Å²) in [4.78, 5) is 27.3. The lowest BCUT2D eigenvalue weighted by atomic mass is 9.96. The van der Waals surface area contributed by atoms with Crippen molar-refractivity contribution in [2.45, 2.75) is 63.6 Å². The van der Waals surface area contributed by atoms with Gasteiger partial charge in [-0.15, -0.1) is 0 Å². The van der Waals surface area contributed by atoms with Crippen LogP contribution in [0.4, 0.5) is 0 Å². The Morgan fingerprint density at radius 3 is 2.59 bits per heavy atom. The molecular formula is C22H28N4O3. The van der Waals surface area contributed by atoms with Gasteiger partial charge in [-0.3, -0.25) is 9.59 Å². The molecule has 3 atom stereocenters. The Kier molecular flexibility index (Phi) is 5.41. The van der Waals surface area contributed by atoms with Crippen LogP contribution in [0.1, 0.15) is 83.7 Å². The van der Waals surface area contributed by atoms with Crippen LogP contribution in [0.3, 0.4) is 0 Å². The van der Waals surface area contributed by atoms with E-state index in [9.17, 15) is 9.59 Å². The lowest BCUT2D eigenvalue weighted by molar-refractivity contribution is 0.0595. The Bertz CT molecular complexity index is 886. The van der Waals surface area contributed by atoms with Crippen molar-refractivity contribution in [3.8, 4) is 0 Å². The van der Waals surface area contributed by atoms with Crippen molar-refractivity contribution in [2.75, 3.05) is 6.54 Å². The first-order valence-electron chi connectivity index (χ1n) is 10.4. The van der Waals surface area contributed by atoms with Gasteiger partial charge >= 0.3 is 0 Å². The molecule has 1 aliphatic carbocycles. The summed E-state index contributed by atoms with van der Waals surface area (Å²) >= 11 is 0. The van der Waals surface area contributed by atoms with Crippen LogP contribution in [-0.2, 0) is 0 Å². The van der Waals surface area contributed by atoms with Crippen molar-refractivity contribution in [1.29, 1.82) is 0 Å². The van der Waals surface area contributed by atoms with Crippen LogP contribution >= 0.6 is 0 Å². The highest BCUT2D eigenvalue weighted by atomic mass is 16.5. The van der Waals surface area contributed by atoms with Crippen LogP contribution < -0.4 is 11.1 Å². The zero-order valence-corrected chi connectivity index (χ0v) is 16.9. The van der Waals surface area contributed by atoms with E-state index in [0.29, 0.717) is 36.6 Å². The van der Waals surface area contributed by atoms with E-state index in [1.165, 1.54) is 0 Å². The molecule has 2 amide bonds. The topological polar surface area (TPSA) is 101 Å². The van der Waals surface area contributed by atoms with E-state index in [-0.39, 0.29) is 29.9 Å². The van der Waals surface area contributed by atoms with E-state index in [4.69, 9.17) is 10.3 Å². The van der Waals surface area contributed by atoms with Gasteiger partial charge in [-0.05, 0) is 57.2 Å². The third-order valence-electron chi connectivity index (χ3n) is 5.90. The number of amides is 2. The lowest BCUT2D eigenvalue weighted by Crippen LogP contribution is -2.51. The van der Waals surface area contributed by atoms with Gasteiger partial charge in [0.05, 0.1) is 0 Å². The molecule has 29 heavy (non-hydrogen) atoms. The molecule has 154 valence electrons. The number of carbonyl (C=O) groups is 2. The number of benzene rings is 1. The number of likely N-dealkylation sites (tertiary alicyclic amines) is 1. The van der Waals surface area contributed by atoms with Crippen molar-refractivity contribution < 1.29 is 14.1 Å². The molecule has 1 saturated heterocycles. The Labute approximate surface area is 170 Å². The second kappa shape index (κ2) is 7.99. The average Bonchev–Trinajstić information content (AvgIpc) is 3.44. The SMILES string of the molecule is C[C@@H]1C[C@H](NC(=O)c2cc(C3CC3)on2)CCN1C(=O)c1ccc([C@@H](C)N)cc1. The fourth-order valence-corrected chi connectivity index (χ4v) is 3.92. The molecule has 0 spiro atoms. The molecule has 1 aromatic carbocycles. The molecule has 2 aromatic rings. The van der Waals surface area contributed by atoms with Crippen LogP contribution in [0.15, 0.2) is 34.9 Å². The molecule has 2 fully saturated rings. The standard InChI is InChI=1S/C22H28N4O3/c1-13-11-18(24-21(27)19-12-20(29-25-19)16-5-6-16)9-10-26(13)22(28)17-7-3-15(4-8-17)14(2)23/h3-4,7-8,12-14,16,18H,5-6,9-11,23H2,1-2H3,(H,24,27)/t13-,14-,18-/m1/s1. The average molecular weight is 396 g/mol. The summed E-state index contributed by atoms with van der Waals surface area (Å²) in [5, 5.41) is 6.95. The van der Waals surface area contributed by atoms with Crippen molar-refractivity contribution in [1.82, 2.24) is 15.4 Å². The van der Waals surface area contributed by atoms with E-state index >= 15 is 0 Å². The van der Waals surface area contributed by atoms with E-state index in [2.05, 4.69) is 10.5 Å². The number of piperidine rings is 1. The first-order valence-corrected chi connectivity index (χ1v) is 10.4. The number of carbonyl (C=O) groups excluding carboxylic acids is 2. The summed E-state index contributed by atoms with van der Waals surface area (Å²) in [6.45, 7) is 4.55. The van der Waals surface area contributed by atoms with Gasteiger partial charge in [0, 0.05) is 42.2 Å². The first-order chi connectivity index (χ1) is 13.9. The number of hydrogen-bond donors (Lipinski definition) is 2. The summed E-state index contributed by atoms with van der Waals surface area (Å²) < 4.78 is 5.27. The van der Waals surface area contributed by atoms with Gasteiger partial charge in [-0.1, -0.05) is 17.3 Å². The molecule has 2 aliphatic rings. The van der Waals surface area contributed by atoms with E-state index in [1.807, 2.05) is 43.0 Å². The lowest BCUT2D eigenvalue weighted by Gasteiger charge is -2.38. The van der Waals surface area contributed by atoms with Gasteiger partial charge in [0.25, 0.3) is 11.8 Å². The highest BCUT2D eigenvalue weighted by molar-refractivity contribution is 5.95. The summed E-state index contributed by atoms with van der Waals surface area (Å²) in [5.74, 6) is 1.05. The van der Waals surface area contributed by atoms with Crippen LogP contribution in [0.5, 0.6) is 0 Å². The maximum absolute atomic E-state index is 12.9. The number of nitrogens with zero attached hydrogens (tertiary/aromatic N) is 2. The van der Waals surface area contributed by atoms with Gasteiger partial charge in [0.15, 0.2) is 5.69 Å². The molecular weight excluding hydrogens is 368 g/mol. The smallest absolute Gasteiger partial charge is 0.273 e. The highest BCUT2D eigenvalue weighted by Crippen LogP contribution is 2.40. The molecule has 1 saturated carbocycles. The molecule has 4 rings (SSSR count). The number of aromatic nitrogens is 1. The number of rotatable bonds is 5. The van der Waals surface area contributed by atoms with Gasteiger partial charge < -0.3 is 20.5 Å². The zero-order valence-electron chi connectivity index (χ0n) is 16.9. The zero-order chi connectivity index (χ0) is 20.5.